The van der Waals surface area contributed by atoms with Crippen molar-refractivity contribution in [3.63, 3.8) is 0 Å². The lowest BCUT2D eigenvalue weighted by Gasteiger charge is -2.04. The molecule has 2 N–H and O–H groups in total. The summed E-state index contributed by atoms with van der Waals surface area (Å²) in [5, 5.41) is 13.6. The van der Waals surface area contributed by atoms with Crippen LogP contribution in [0.1, 0.15) is 5.01 Å². The largest absolute Gasteiger partial charge is 0.453 e. The highest BCUT2D eigenvalue weighted by Crippen LogP contribution is 2.24. The molecule has 0 saturated carbocycles. The molecule has 2 aromatic heterocycles. The summed E-state index contributed by atoms with van der Waals surface area (Å²) in [4.78, 5) is 27.5. The van der Waals surface area contributed by atoms with Gasteiger partial charge in [-0.2, -0.15) is 0 Å². The highest BCUT2D eigenvalue weighted by atomic mass is 32.1. The maximum atomic E-state index is 12.1. The van der Waals surface area contributed by atoms with Crippen molar-refractivity contribution in [3.8, 4) is 0 Å². The summed E-state index contributed by atoms with van der Waals surface area (Å²) in [6.45, 7) is 1.91. The SMILES string of the molecule is COC(=O)Nc1cn(CC(=O)Nc2ccc3nc(C)sc3c2)nn1. The Bertz CT molecular complexity index is 903. The lowest BCUT2D eigenvalue weighted by Crippen LogP contribution is -2.19. The second-order valence-electron chi connectivity index (χ2n) is 4.88. The third-order valence-electron chi connectivity index (χ3n) is 3.04. The van der Waals surface area contributed by atoms with Gasteiger partial charge in [-0.1, -0.05) is 5.21 Å². The first-order valence-corrected chi connectivity index (χ1v) is 7.77. The number of hydrogen-bond acceptors (Lipinski definition) is 7. The molecule has 0 aliphatic rings. The first kappa shape index (κ1) is 15.9. The summed E-state index contributed by atoms with van der Waals surface area (Å²) in [5.41, 5.74) is 1.59. The van der Waals surface area contributed by atoms with Crippen LogP contribution in [0.4, 0.5) is 16.3 Å². The summed E-state index contributed by atoms with van der Waals surface area (Å²) in [5.74, 6) is -0.0543. The number of ether oxygens (including phenoxy) is 1. The van der Waals surface area contributed by atoms with Gasteiger partial charge in [-0.15, -0.1) is 16.4 Å². The van der Waals surface area contributed by atoms with Crippen LogP contribution in [0.3, 0.4) is 0 Å². The molecular formula is C14H14N6O3S. The molecule has 3 rings (SSSR count). The Hall–Kier alpha value is -3.01. The first-order valence-electron chi connectivity index (χ1n) is 6.95. The predicted molar refractivity (Wildman–Crippen MR) is 89.0 cm³/mol. The summed E-state index contributed by atoms with van der Waals surface area (Å²) in [6, 6.07) is 5.54. The van der Waals surface area contributed by atoms with Gasteiger partial charge in [-0.05, 0) is 25.1 Å². The number of benzene rings is 1. The molecule has 0 aliphatic heterocycles. The van der Waals surface area contributed by atoms with E-state index in [4.69, 9.17) is 0 Å². The number of carbonyl (C=O) groups is 2. The average Bonchev–Trinajstić information content (AvgIpc) is 3.11. The molecule has 10 heteroatoms. The Labute approximate surface area is 140 Å². The van der Waals surface area contributed by atoms with Gasteiger partial charge in [-0.3, -0.25) is 10.1 Å². The number of rotatable bonds is 4. The average molecular weight is 346 g/mol. The van der Waals surface area contributed by atoms with Crippen molar-refractivity contribution in [2.75, 3.05) is 17.7 Å². The van der Waals surface area contributed by atoms with E-state index in [1.165, 1.54) is 18.0 Å². The van der Waals surface area contributed by atoms with E-state index in [-0.39, 0.29) is 18.3 Å². The Morgan fingerprint density at radius 1 is 1.33 bits per heavy atom. The highest BCUT2D eigenvalue weighted by Gasteiger charge is 2.09. The van der Waals surface area contributed by atoms with Gasteiger partial charge >= 0.3 is 6.09 Å². The number of methoxy groups -OCH3 is 1. The Morgan fingerprint density at radius 2 is 2.17 bits per heavy atom. The minimum atomic E-state index is -0.653. The van der Waals surface area contributed by atoms with Crippen molar-refractivity contribution >= 4 is 45.1 Å². The fraction of sp³-hybridized carbons (Fsp3) is 0.214. The number of nitrogens with one attached hydrogen (secondary N) is 2. The van der Waals surface area contributed by atoms with Crippen LogP contribution in [-0.2, 0) is 16.1 Å². The van der Waals surface area contributed by atoms with E-state index in [2.05, 4.69) is 30.7 Å². The summed E-state index contributed by atoms with van der Waals surface area (Å²) < 4.78 is 6.78. The molecule has 1 aromatic carbocycles. The summed E-state index contributed by atoms with van der Waals surface area (Å²) in [6.07, 6.45) is 0.784. The van der Waals surface area contributed by atoms with Gasteiger partial charge in [0, 0.05) is 5.69 Å². The molecule has 0 atom stereocenters. The summed E-state index contributed by atoms with van der Waals surface area (Å²) >= 11 is 1.57. The van der Waals surface area contributed by atoms with Crippen molar-refractivity contribution in [2.45, 2.75) is 13.5 Å². The number of thiazole rings is 1. The van der Waals surface area contributed by atoms with Gasteiger partial charge in [0.25, 0.3) is 0 Å². The molecule has 2 heterocycles. The molecule has 0 unspecified atom stereocenters. The van der Waals surface area contributed by atoms with Gasteiger partial charge in [0.15, 0.2) is 5.82 Å². The molecule has 0 aliphatic carbocycles. The minimum Gasteiger partial charge on any atom is -0.453 e. The van der Waals surface area contributed by atoms with E-state index in [1.807, 2.05) is 19.1 Å². The second kappa shape index (κ2) is 6.62. The van der Waals surface area contributed by atoms with Gasteiger partial charge in [0.2, 0.25) is 5.91 Å². The highest BCUT2D eigenvalue weighted by molar-refractivity contribution is 7.18. The molecule has 0 radical (unpaired) electrons. The van der Waals surface area contributed by atoms with E-state index < -0.39 is 6.09 Å². The number of hydrogen-bond donors (Lipinski definition) is 2. The maximum absolute atomic E-state index is 12.1. The predicted octanol–water partition coefficient (Wildman–Crippen LogP) is 2.01. The third-order valence-corrected chi connectivity index (χ3v) is 3.97. The number of anilines is 2. The van der Waals surface area contributed by atoms with Gasteiger partial charge < -0.3 is 10.1 Å². The maximum Gasteiger partial charge on any atom is 0.412 e. The molecule has 0 spiro atoms. The zero-order valence-electron chi connectivity index (χ0n) is 12.9. The van der Waals surface area contributed by atoms with Crippen LogP contribution in [0, 0.1) is 6.92 Å². The molecule has 124 valence electrons. The molecule has 0 bridgehead atoms. The number of aromatic nitrogens is 4. The second-order valence-corrected chi connectivity index (χ2v) is 6.12. The van der Waals surface area contributed by atoms with Crippen molar-refractivity contribution in [1.29, 1.82) is 0 Å². The lowest BCUT2D eigenvalue weighted by molar-refractivity contribution is -0.116. The third kappa shape index (κ3) is 3.66. The fourth-order valence-electron chi connectivity index (χ4n) is 2.05. The topological polar surface area (TPSA) is 111 Å². The number of fused-ring (bicyclic) bond motifs is 1. The molecule has 24 heavy (non-hydrogen) atoms. The Kier molecular flexibility index (Phi) is 4.38. The van der Waals surface area contributed by atoms with Crippen LogP contribution in [0.5, 0.6) is 0 Å². The number of nitrogens with zero attached hydrogens (tertiary/aromatic N) is 4. The van der Waals surface area contributed by atoms with E-state index in [0.29, 0.717) is 5.69 Å². The van der Waals surface area contributed by atoms with Crippen LogP contribution < -0.4 is 10.6 Å². The number of carbonyl (C=O) groups excluding carboxylic acids is 2. The number of amides is 2. The van der Waals surface area contributed by atoms with Crippen LogP contribution in [0.2, 0.25) is 0 Å². The molecule has 0 saturated heterocycles. The number of aryl methyl sites for hydroxylation is 1. The van der Waals surface area contributed by atoms with Crippen molar-refractivity contribution < 1.29 is 14.3 Å². The molecule has 3 aromatic rings. The van der Waals surface area contributed by atoms with Crippen LogP contribution >= 0.6 is 11.3 Å². The molecule has 9 nitrogen and oxygen atoms in total. The van der Waals surface area contributed by atoms with Gasteiger partial charge in [0.05, 0.1) is 28.5 Å². The van der Waals surface area contributed by atoms with Gasteiger partial charge in [0.1, 0.15) is 6.54 Å². The molecule has 0 fully saturated rings. The standard InChI is InChI=1S/C14H14N6O3S/c1-8-15-10-4-3-9(5-11(10)24-8)16-13(21)7-20-6-12(18-19-20)17-14(22)23-2/h3-6H,7H2,1-2H3,(H,16,21)(H,17,22). The van der Waals surface area contributed by atoms with E-state index in [1.54, 1.807) is 17.4 Å². The van der Waals surface area contributed by atoms with Crippen LogP contribution in [0.25, 0.3) is 10.2 Å². The van der Waals surface area contributed by atoms with Gasteiger partial charge in [-0.25, -0.2) is 14.5 Å². The monoisotopic (exact) mass is 346 g/mol. The Morgan fingerprint density at radius 3 is 2.96 bits per heavy atom. The molecular weight excluding hydrogens is 332 g/mol. The zero-order valence-corrected chi connectivity index (χ0v) is 13.8. The van der Waals surface area contributed by atoms with Crippen LogP contribution in [-0.4, -0.2) is 39.1 Å². The molecule has 2 amide bonds. The fourth-order valence-corrected chi connectivity index (χ4v) is 2.92. The lowest BCUT2D eigenvalue weighted by atomic mass is 10.3. The zero-order chi connectivity index (χ0) is 17.1. The minimum absolute atomic E-state index is 0.0321. The van der Waals surface area contributed by atoms with E-state index in [9.17, 15) is 9.59 Å². The Balaban J connectivity index is 1.63. The van der Waals surface area contributed by atoms with Crippen molar-refractivity contribution in [3.05, 3.63) is 29.4 Å². The quantitative estimate of drug-likeness (QED) is 0.747. The normalized spacial score (nSPS) is 10.6. The summed E-state index contributed by atoms with van der Waals surface area (Å²) in [7, 11) is 1.24. The van der Waals surface area contributed by atoms with Crippen LogP contribution in [0.15, 0.2) is 24.4 Å². The first-order chi connectivity index (χ1) is 11.5. The van der Waals surface area contributed by atoms with Crippen molar-refractivity contribution in [2.24, 2.45) is 0 Å². The van der Waals surface area contributed by atoms with E-state index in [0.717, 1.165) is 15.2 Å². The smallest absolute Gasteiger partial charge is 0.412 e. The van der Waals surface area contributed by atoms with E-state index >= 15 is 0 Å². The van der Waals surface area contributed by atoms with Crippen molar-refractivity contribution in [1.82, 2.24) is 20.0 Å².